The lowest BCUT2D eigenvalue weighted by Crippen LogP contribution is -2.51. The number of carbonyl (C=O) groups is 1. The molecule has 0 radical (unpaired) electrons. The van der Waals surface area contributed by atoms with E-state index in [4.69, 9.17) is 4.74 Å². The van der Waals surface area contributed by atoms with Gasteiger partial charge in [0.05, 0.1) is 17.7 Å². The number of halogens is 6. The van der Waals surface area contributed by atoms with Gasteiger partial charge < -0.3 is 10.1 Å². The highest BCUT2D eigenvalue weighted by molar-refractivity contribution is 5.80. The summed E-state index contributed by atoms with van der Waals surface area (Å²) in [6.07, 6.45) is -3.01. The number of nitrogens with one attached hydrogen (secondary N) is 1. The highest BCUT2D eigenvalue weighted by atomic mass is 19.4. The highest BCUT2D eigenvalue weighted by Crippen LogP contribution is 2.44. The number of hydrogen-bond donors (Lipinski definition) is 1. The smallest absolute Gasteiger partial charge is 0.367 e. The van der Waals surface area contributed by atoms with Crippen molar-refractivity contribution in [1.82, 2.24) is 10.2 Å². The maximum absolute atomic E-state index is 13.1. The van der Waals surface area contributed by atoms with E-state index < -0.39 is 42.0 Å². The number of ether oxygens (including phenoxy) is 1. The summed E-state index contributed by atoms with van der Waals surface area (Å²) in [6.45, 7) is 1.69. The zero-order valence-electron chi connectivity index (χ0n) is 20.5. The van der Waals surface area contributed by atoms with Gasteiger partial charge in [-0.2, -0.15) is 26.3 Å². The zero-order chi connectivity index (χ0) is 27.1. The second-order valence-electron chi connectivity index (χ2n) is 10.3. The molecule has 2 aromatic rings. The zero-order valence-corrected chi connectivity index (χ0v) is 20.5. The van der Waals surface area contributed by atoms with Gasteiger partial charge in [-0.3, -0.25) is 9.69 Å². The fourth-order valence-electron chi connectivity index (χ4n) is 5.82. The molecule has 3 aliphatic rings. The first-order valence-electron chi connectivity index (χ1n) is 12.7. The summed E-state index contributed by atoms with van der Waals surface area (Å²) in [5.74, 6) is -0.542. The Morgan fingerprint density at radius 3 is 2.24 bits per heavy atom. The number of likely N-dealkylation sites (tertiary alicyclic amines) is 1. The van der Waals surface area contributed by atoms with Gasteiger partial charge in [0.25, 0.3) is 0 Å². The monoisotopic (exact) mass is 538 g/mol. The fraction of sp³-hybridized carbons (Fsp3) is 0.464. The lowest BCUT2D eigenvalue weighted by atomic mass is 9.74. The minimum absolute atomic E-state index is 0.0693. The van der Waals surface area contributed by atoms with Gasteiger partial charge in [0.2, 0.25) is 5.91 Å². The topological polar surface area (TPSA) is 41.6 Å². The van der Waals surface area contributed by atoms with Crippen LogP contribution in [0.1, 0.15) is 53.5 Å². The standard InChI is InChI=1S/C28H28F6N2O2/c29-27(30,31)20-13-18(14-21(15-20)28(32,33)34)16-35-25(37)24-6-5-22(17-38-24)36-11-9-26(10-12-36)8-7-19-3-1-2-4-23(19)26/h1-4,7-8,13-15,22,24H,5-6,9-12,16-17H2,(H,35,37). The van der Waals surface area contributed by atoms with Gasteiger partial charge in [0, 0.05) is 18.0 Å². The third kappa shape index (κ3) is 5.47. The molecule has 1 N–H and O–H groups in total. The van der Waals surface area contributed by atoms with E-state index in [-0.39, 0.29) is 23.1 Å². The van der Waals surface area contributed by atoms with Crippen molar-refractivity contribution in [1.29, 1.82) is 0 Å². The lowest BCUT2D eigenvalue weighted by molar-refractivity contribution is -0.143. The van der Waals surface area contributed by atoms with E-state index in [1.54, 1.807) is 0 Å². The number of carbonyl (C=O) groups excluding carboxylic acids is 1. The molecule has 0 aromatic heterocycles. The molecule has 5 rings (SSSR count). The van der Waals surface area contributed by atoms with Crippen LogP contribution in [0.15, 0.2) is 48.5 Å². The van der Waals surface area contributed by atoms with Crippen LogP contribution < -0.4 is 5.32 Å². The molecular weight excluding hydrogens is 510 g/mol. The van der Waals surface area contributed by atoms with Crippen LogP contribution in [-0.2, 0) is 33.8 Å². The Hall–Kier alpha value is -2.85. The minimum Gasteiger partial charge on any atom is -0.367 e. The SMILES string of the molecule is O=C(NCc1cc(C(F)(F)F)cc(C(F)(F)F)c1)C1CCC(N2CCC3(C=Cc4ccccc43)CC2)CO1. The molecule has 2 atom stereocenters. The van der Waals surface area contributed by atoms with E-state index in [9.17, 15) is 31.1 Å². The first-order valence-corrected chi connectivity index (χ1v) is 12.7. The molecule has 2 unspecified atom stereocenters. The van der Waals surface area contributed by atoms with Gasteiger partial charge in [-0.25, -0.2) is 0 Å². The third-order valence-corrected chi connectivity index (χ3v) is 7.94. The van der Waals surface area contributed by atoms with Gasteiger partial charge in [-0.15, -0.1) is 0 Å². The second-order valence-corrected chi connectivity index (χ2v) is 10.3. The summed E-state index contributed by atoms with van der Waals surface area (Å²) in [6, 6.07) is 9.92. The van der Waals surface area contributed by atoms with E-state index in [1.807, 2.05) is 6.07 Å². The molecule has 2 aliphatic heterocycles. The molecule has 1 aliphatic carbocycles. The van der Waals surface area contributed by atoms with Crippen molar-refractivity contribution in [3.8, 4) is 0 Å². The predicted molar refractivity (Wildman–Crippen MR) is 129 cm³/mol. The van der Waals surface area contributed by atoms with Crippen molar-refractivity contribution >= 4 is 12.0 Å². The Labute approximate surface area is 216 Å². The molecule has 38 heavy (non-hydrogen) atoms. The average molecular weight is 539 g/mol. The van der Waals surface area contributed by atoms with Crippen LogP contribution in [-0.4, -0.2) is 42.6 Å². The molecule has 0 saturated carbocycles. The first-order chi connectivity index (χ1) is 17.9. The number of allylic oxidation sites excluding steroid dienone is 1. The number of piperidine rings is 1. The van der Waals surface area contributed by atoms with E-state index in [0.717, 1.165) is 32.4 Å². The number of hydrogen-bond acceptors (Lipinski definition) is 3. The van der Waals surface area contributed by atoms with E-state index in [2.05, 4.69) is 40.6 Å². The third-order valence-electron chi connectivity index (χ3n) is 7.94. The summed E-state index contributed by atoms with van der Waals surface area (Å²) in [7, 11) is 0. The van der Waals surface area contributed by atoms with E-state index >= 15 is 0 Å². The largest absolute Gasteiger partial charge is 0.416 e. The van der Waals surface area contributed by atoms with Crippen LogP contribution in [0.5, 0.6) is 0 Å². The molecule has 4 nitrogen and oxygen atoms in total. The molecule has 1 spiro atoms. The van der Waals surface area contributed by atoms with Crippen molar-refractivity contribution in [2.45, 2.75) is 62.1 Å². The fourth-order valence-corrected chi connectivity index (χ4v) is 5.82. The number of benzene rings is 2. The molecule has 204 valence electrons. The van der Waals surface area contributed by atoms with Gasteiger partial charge in [-0.05, 0) is 73.7 Å². The Bertz CT molecular complexity index is 1170. The quantitative estimate of drug-likeness (QED) is 0.490. The predicted octanol–water partition coefficient (Wildman–Crippen LogP) is 5.95. The normalized spacial score (nSPS) is 23.4. The summed E-state index contributed by atoms with van der Waals surface area (Å²) in [4.78, 5) is 15.0. The average Bonchev–Trinajstić information content (AvgIpc) is 3.24. The summed E-state index contributed by atoms with van der Waals surface area (Å²) < 4.78 is 84.3. The number of alkyl halides is 6. The molecule has 10 heteroatoms. The van der Waals surface area contributed by atoms with E-state index in [0.29, 0.717) is 25.2 Å². The maximum atomic E-state index is 13.1. The number of amides is 1. The van der Waals surface area contributed by atoms with Crippen LogP contribution >= 0.6 is 0 Å². The van der Waals surface area contributed by atoms with Crippen molar-refractivity contribution in [2.75, 3.05) is 19.7 Å². The molecule has 2 aromatic carbocycles. The molecule has 2 saturated heterocycles. The van der Waals surface area contributed by atoms with Gasteiger partial charge in [0.1, 0.15) is 6.10 Å². The van der Waals surface area contributed by atoms with Crippen LogP contribution in [0.25, 0.3) is 6.08 Å². The Morgan fingerprint density at radius 2 is 1.63 bits per heavy atom. The molecule has 0 bridgehead atoms. The molecule has 2 heterocycles. The van der Waals surface area contributed by atoms with E-state index in [1.165, 1.54) is 11.1 Å². The first kappa shape index (κ1) is 26.7. The summed E-state index contributed by atoms with van der Waals surface area (Å²) >= 11 is 0. The van der Waals surface area contributed by atoms with Crippen LogP contribution in [0.3, 0.4) is 0 Å². The molecule has 2 fully saturated rings. The van der Waals surface area contributed by atoms with Crippen molar-refractivity contribution in [3.63, 3.8) is 0 Å². The Kier molecular flexibility index (Phi) is 7.06. The van der Waals surface area contributed by atoms with Crippen molar-refractivity contribution in [3.05, 3.63) is 76.4 Å². The molecule has 1 amide bonds. The highest BCUT2D eigenvalue weighted by Gasteiger charge is 2.41. The maximum Gasteiger partial charge on any atom is 0.416 e. The minimum atomic E-state index is -4.94. The summed E-state index contributed by atoms with van der Waals surface area (Å²) in [5, 5.41) is 2.44. The van der Waals surface area contributed by atoms with Gasteiger partial charge in [-0.1, -0.05) is 36.4 Å². The molecular formula is C28H28F6N2O2. The second kappa shape index (κ2) is 10.0. The van der Waals surface area contributed by atoms with Crippen molar-refractivity contribution < 1.29 is 35.9 Å². The van der Waals surface area contributed by atoms with Crippen LogP contribution in [0.4, 0.5) is 26.3 Å². The Balaban J connectivity index is 1.13. The number of rotatable bonds is 4. The van der Waals surface area contributed by atoms with Gasteiger partial charge >= 0.3 is 12.4 Å². The lowest BCUT2D eigenvalue weighted by Gasteiger charge is -2.44. The summed E-state index contributed by atoms with van der Waals surface area (Å²) in [5.41, 5.74) is -0.379. The number of fused-ring (bicyclic) bond motifs is 2. The Morgan fingerprint density at radius 1 is 0.974 bits per heavy atom. The van der Waals surface area contributed by atoms with Gasteiger partial charge in [0.15, 0.2) is 0 Å². The number of nitrogens with zero attached hydrogens (tertiary/aromatic N) is 1. The van der Waals surface area contributed by atoms with Crippen LogP contribution in [0, 0.1) is 0 Å². The van der Waals surface area contributed by atoms with Crippen LogP contribution in [0.2, 0.25) is 0 Å². The van der Waals surface area contributed by atoms with Crippen molar-refractivity contribution in [2.24, 2.45) is 0 Å².